The summed E-state index contributed by atoms with van der Waals surface area (Å²) in [4.78, 5) is 41.7. The van der Waals surface area contributed by atoms with E-state index >= 15 is 0 Å². The normalized spacial score (nSPS) is 15.1. The highest BCUT2D eigenvalue weighted by atomic mass is 31.3. The Morgan fingerprint density at radius 3 is 2.24 bits per heavy atom. The zero-order valence-corrected chi connectivity index (χ0v) is 17.5. The number of nitro groups is 1. The second-order valence-corrected chi connectivity index (χ2v) is 8.65. The van der Waals surface area contributed by atoms with E-state index in [4.69, 9.17) is 4.74 Å². The molecule has 0 aliphatic carbocycles. The van der Waals surface area contributed by atoms with Gasteiger partial charge in [-0.2, -0.15) is 0 Å². The molecule has 162 valence electrons. The van der Waals surface area contributed by atoms with Gasteiger partial charge in [0.15, 0.2) is 0 Å². The van der Waals surface area contributed by atoms with Crippen molar-refractivity contribution in [2.45, 2.75) is 26.7 Å². The quantitative estimate of drug-likeness (QED) is 0.199. The molecule has 0 bridgehead atoms. The topological polar surface area (TPSA) is 174 Å². The van der Waals surface area contributed by atoms with Crippen LogP contribution >= 0.6 is 15.6 Å². The Bertz CT molecular complexity index is 844. The largest absolute Gasteiger partial charge is 0.790 e. The van der Waals surface area contributed by atoms with Gasteiger partial charge >= 0.3 is 0 Å². The van der Waals surface area contributed by atoms with Gasteiger partial charge < -0.3 is 28.5 Å². The maximum Gasteiger partial charge on any atom is 0.272 e. The summed E-state index contributed by atoms with van der Waals surface area (Å²) in [6.45, 7) is 3.41. The molecule has 0 aliphatic heterocycles. The van der Waals surface area contributed by atoms with E-state index in [1.165, 1.54) is 30.3 Å². The predicted octanol–water partition coefficient (Wildman–Crippen LogP) is 1.98. The smallest absolute Gasteiger partial charge is 0.272 e. The molecule has 0 spiro atoms. The average molecular weight is 448 g/mol. The summed E-state index contributed by atoms with van der Waals surface area (Å²) in [5.41, 5.74) is 1.68. The van der Waals surface area contributed by atoms with Gasteiger partial charge in [-0.3, -0.25) is 19.0 Å². The highest BCUT2D eigenvalue weighted by molar-refractivity contribution is 7.58. The van der Waals surface area contributed by atoms with E-state index in [1.54, 1.807) is 6.92 Å². The van der Waals surface area contributed by atoms with Crippen LogP contribution in [0.2, 0.25) is 0 Å². The third kappa shape index (κ3) is 11.7. The van der Waals surface area contributed by atoms with Gasteiger partial charge in [-0.15, -0.1) is 0 Å². The molecule has 0 saturated heterocycles. The molecule has 1 aromatic rings. The number of hydrogen-bond donors (Lipinski definition) is 0. The van der Waals surface area contributed by atoms with E-state index in [2.05, 4.69) is 8.83 Å². The van der Waals surface area contributed by atoms with Crippen molar-refractivity contribution in [3.05, 3.63) is 57.7 Å². The second-order valence-electron chi connectivity index (χ2n) is 5.95. The zero-order valence-electron chi connectivity index (χ0n) is 15.7. The molecule has 0 fully saturated rings. The van der Waals surface area contributed by atoms with Crippen molar-refractivity contribution in [3.63, 3.8) is 0 Å². The Balaban J connectivity index is 2.37. The van der Waals surface area contributed by atoms with Crippen molar-refractivity contribution in [3.8, 4) is 5.75 Å². The van der Waals surface area contributed by atoms with Gasteiger partial charge in [-0.05, 0) is 44.4 Å². The van der Waals surface area contributed by atoms with Crippen molar-refractivity contribution in [1.29, 1.82) is 0 Å². The van der Waals surface area contributed by atoms with Gasteiger partial charge in [-0.25, -0.2) is 0 Å². The lowest BCUT2D eigenvalue weighted by Gasteiger charge is -2.34. The molecule has 0 aliphatic rings. The van der Waals surface area contributed by atoms with Crippen molar-refractivity contribution >= 4 is 21.3 Å². The molecule has 0 saturated carbocycles. The number of benzene rings is 1. The minimum absolute atomic E-state index is 0.0224. The van der Waals surface area contributed by atoms with Crippen LogP contribution in [-0.2, 0) is 18.0 Å². The lowest BCUT2D eigenvalue weighted by atomic mass is 10.1. The molecule has 1 aromatic carbocycles. The number of non-ortho nitro benzene ring substituents is 1. The first-order valence-corrected chi connectivity index (χ1v) is 11.2. The third-order valence-electron chi connectivity index (χ3n) is 3.41. The fourth-order valence-corrected chi connectivity index (χ4v) is 3.41. The molecule has 1 unspecified atom stereocenters. The summed E-state index contributed by atoms with van der Waals surface area (Å²) in [5, 5.41) is 10.6. The molecule has 0 N–H and O–H groups in total. The number of nitro benzene ring substituents is 1. The van der Waals surface area contributed by atoms with Gasteiger partial charge in [0.2, 0.25) is 0 Å². The Hall–Kier alpha value is -1.84. The van der Waals surface area contributed by atoms with Gasteiger partial charge in [0.1, 0.15) is 12.4 Å². The van der Waals surface area contributed by atoms with Crippen LogP contribution in [0.3, 0.4) is 0 Å². The minimum Gasteiger partial charge on any atom is -0.790 e. The monoisotopic (exact) mass is 448 g/mol. The number of phosphoric acid groups is 2. The molecular weight excluding hydrogens is 428 g/mol. The predicted molar refractivity (Wildman–Crippen MR) is 97.6 cm³/mol. The molecule has 0 aromatic heterocycles. The maximum atomic E-state index is 11.1. The molecule has 11 nitrogen and oxygen atoms in total. The van der Waals surface area contributed by atoms with Crippen LogP contribution in [0.5, 0.6) is 5.75 Å². The maximum absolute atomic E-state index is 11.1. The van der Waals surface area contributed by atoms with E-state index in [0.29, 0.717) is 25.2 Å². The Labute approximate surface area is 167 Å². The van der Waals surface area contributed by atoms with E-state index < -0.39 is 27.2 Å². The van der Waals surface area contributed by atoms with Crippen LogP contribution in [0.1, 0.15) is 26.7 Å². The number of nitrogens with zero attached hydrogens (tertiary/aromatic N) is 1. The third-order valence-corrected chi connectivity index (χ3v) is 5.48. The highest BCUT2D eigenvalue weighted by Gasteiger charge is 2.10. The van der Waals surface area contributed by atoms with E-state index in [0.717, 1.165) is 11.1 Å². The summed E-state index contributed by atoms with van der Waals surface area (Å²) < 4.78 is 34.5. The molecule has 0 radical (unpaired) electrons. The van der Waals surface area contributed by atoms with Crippen molar-refractivity contribution < 1.29 is 42.3 Å². The first kappa shape index (κ1) is 25.2. The van der Waals surface area contributed by atoms with Crippen LogP contribution in [0.15, 0.2) is 47.6 Å². The molecule has 0 heterocycles. The standard InChI is InChI=1S/C16H23NO10P2/c1-13(10-11-26-29(23,24)27-28(20,21)22)4-3-5-14(2)12-25-16-8-6-15(7-9-16)17(18)19/h5-10H,3-4,11-12H2,1-2H3,(H,23,24)(H2,20,21,22)/p-3/b13-10+,14-5+. The summed E-state index contributed by atoms with van der Waals surface area (Å²) in [5.74, 6) is 0.501. The molecule has 13 heteroatoms. The van der Waals surface area contributed by atoms with Gasteiger partial charge in [0.25, 0.3) is 13.5 Å². The van der Waals surface area contributed by atoms with Gasteiger partial charge in [0.05, 0.1) is 19.4 Å². The van der Waals surface area contributed by atoms with Crippen molar-refractivity contribution in [2.24, 2.45) is 0 Å². The summed E-state index contributed by atoms with van der Waals surface area (Å²) >= 11 is 0. The SMILES string of the molecule is C/C(=C\COP(=O)([O-])OP(=O)([O-])[O-])CC/C=C(\C)COc1ccc([N+](=O)[O-])cc1. The molecule has 1 rings (SSSR count). The van der Waals surface area contributed by atoms with Crippen LogP contribution < -0.4 is 19.4 Å². The van der Waals surface area contributed by atoms with Crippen molar-refractivity contribution in [1.82, 2.24) is 0 Å². The Morgan fingerprint density at radius 1 is 1.07 bits per heavy atom. The molecule has 0 amide bonds. The summed E-state index contributed by atoms with van der Waals surface area (Å²) in [6.07, 6.45) is 4.53. The van der Waals surface area contributed by atoms with E-state index in [9.17, 15) is 33.9 Å². The van der Waals surface area contributed by atoms with Crippen LogP contribution in [0, 0.1) is 10.1 Å². The first-order valence-electron chi connectivity index (χ1n) is 8.25. The number of rotatable bonds is 12. The fraction of sp³-hybridized carbons (Fsp3) is 0.375. The van der Waals surface area contributed by atoms with Crippen LogP contribution in [0.4, 0.5) is 5.69 Å². The fourth-order valence-electron chi connectivity index (χ4n) is 1.99. The van der Waals surface area contributed by atoms with E-state index in [-0.39, 0.29) is 5.69 Å². The molecule has 29 heavy (non-hydrogen) atoms. The second kappa shape index (κ2) is 11.4. The Kier molecular flexibility index (Phi) is 9.88. The average Bonchev–Trinajstić information content (AvgIpc) is 2.58. The number of hydrogen-bond acceptors (Lipinski definition) is 10. The molecule has 1 atom stereocenters. The van der Waals surface area contributed by atoms with Gasteiger partial charge in [-0.1, -0.05) is 17.7 Å². The lowest BCUT2D eigenvalue weighted by Crippen LogP contribution is -2.19. The summed E-state index contributed by atoms with van der Waals surface area (Å²) in [6, 6.07) is 5.72. The highest BCUT2D eigenvalue weighted by Crippen LogP contribution is 2.50. The van der Waals surface area contributed by atoms with Crippen molar-refractivity contribution in [2.75, 3.05) is 13.2 Å². The number of ether oxygens (including phenoxy) is 1. The summed E-state index contributed by atoms with van der Waals surface area (Å²) in [7, 11) is -10.9. The number of phosphoric ester groups is 1. The molecular formula is C16H20NO10P2-3. The van der Waals surface area contributed by atoms with Gasteiger partial charge in [0, 0.05) is 12.1 Å². The minimum atomic E-state index is -5.69. The first-order chi connectivity index (χ1) is 13.4. The van der Waals surface area contributed by atoms with Crippen LogP contribution in [-0.4, -0.2) is 18.1 Å². The van der Waals surface area contributed by atoms with E-state index in [1.807, 2.05) is 13.0 Å². The number of allylic oxidation sites excluding steroid dienone is 2. The lowest BCUT2D eigenvalue weighted by molar-refractivity contribution is -0.384. The van der Waals surface area contributed by atoms with Crippen LogP contribution in [0.25, 0.3) is 0 Å². The zero-order chi connectivity index (χ0) is 22.1. The Morgan fingerprint density at radius 2 is 1.69 bits per heavy atom.